The van der Waals surface area contributed by atoms with E-state index in [9.17, 15) is 13.2 Å². The number of nitrogens with zero attached hydrogens (tertiary/aromatic N) is 1. The molecule has 1 aliphatic rings. The van der Waals surface area contributed by atoms with Gasteiger partial charge in [0.25, 0.3) is 0 Å². The quantitative estimate of drug-likeness (QED) is 0.895. The van der Waals surface area contributed by atoms with E-state index < -0.39 is 16.1 Å². The highest BCUT2D eigenvalue weighted by Gasteiger charge is 2.34. The van der Waals surface area contributed by atoms with Gasteiger partial charge in [-0.2, -0.15) is 4.31 Å². The average Bonchev–Trinajstić information content (AvgIpc) is 2.54. The van der Waals surface area contributed by atoms with Crippen molar-refractivity contribution in [2.75, 3.05) is 12.8 Å². The molecule has 2 unspecified atom stereocenters. The summed E-state index contributed by atoms with van der Waals surface area (Å²) in [6.07, 6.45) is 4.42. The molecule has 2 rings (SSSR count). The van der Waals surface area contributed by atoms with E-state index in [0.29, 0.717) is 13.0 Å². The van der Waals surface area contributed by atoms with Crippen LogP contribution in [0.1, 0.15) is 50.3 Å². The van der Waals surface area contributed by atoms with Crippen molar-refractivity contribution < 1.29 is 13.2 Å². The Morgan fingerprint density at radius 2 is 1.96 bits per heavy atom. The van der Waals surface area contributed by atoms with Gasteiger partial charge in [-0.3, -0.25) is 4.79 Å². The molecule has 1 amide bonds. The highest BCUT2D eigenvalue weighted by atomic mass is 32.2. The number of piperidine rings is 1. The summed E-state index contributed by atoms with van der Waals surface area (Å²) in [4.78, 5) is 12.5. The molecule has 2 atom stereocenters. The van der Waals surface area contributed by atoms with Crippen LogP contribution in [0.5, 0.6) is 0 Å². The molecule has 0 bridgehead atoms. The van der Waals surface area contributed by atoms with E-state index in [1.165, 1.54) is 16.1 Å². The minimum absolute atomic E-state index is 0.142. The maximum Gasteiger partial charge on any atom is 0.238 e. The number of nitrogens with one attached hydrogen (secondary N) is 1. The predicted molar refractivity (Wildman–Crippen MR) is 91.6 cm³/mol. The van der Waals surface area contributed by atoms with Gasteiger partial charge < -0.3 is 5.32 Å². The SMILES string of the molecule is CCc1ccc(C(C)NC(=O)C2CCCCN2S(C)(=O)=O)cc1. The number of hydrogen-bond acceptors (Lipinski definition) is 3. The van der Waals surface area contributed by atoms with Gasteiger partial charge in [-0.25, -0.2) is 8.42 Å². The van der Waals surface area contributed by atoms with E-state index in [4.69, 9.17) is 0 Å². The molecule has 5 nitrogen and oxygen atoms in total. The molecule has 23 heavy (non-hydrogen) atoms. The second-order valence-corrected chi connectivity index (χ2v) is 8.15. The molecule has 1 aromatic rings. The van der Waals surface area contributed by atoms with Gasteiger partial charge in [0.05, 0.1) is 12.3 Å². The van der Waals surface area contributed by atoms with Crippen molar-refractivity contribution >= 4 is 15.9 Å². The Bertz CT molecular complexity index is 640. The number of hydrogen-bond donors (Lipinski definition) is 1. The molecular weight excluding hydrogens is 312 g/mol. The molecule has 0 aromatic heterocycles. The molecule has 1 aromatic carbocycles. The lowest BCUT2D eigenvalue weighted by Gasteiger charge is -2.33. The maximum atomic E-state index is 12.5. The number of carbonyl (C=O) groups excluding carboxylic acids is 1. The van der Waals surface area contributed by atoms with Gasteiger partial charge in [0.15, 0.2) is 0 Å². The van der Waals surface area contributed by atoms with Crippen LogP contribution in [0, 0.1) is 0 Å². The molecule has 0 aliphatic carbocycles. The number of sulfonamides is 1. The lowest BCUT2D eigenvalue weighted by atomic mass is 10.0. The van der Waals surface area contributed by atoms with Crippen LogP contribution in [0.3, 0.4) is 0 Å². The predicted octanol–water partition coefficient (Wildman–Crippen LogP) is 2.24. The molecule has 0 radical (unpaired) electrons. The van der Waals surface area contributed by atoms with Crippen molar-refractivity contribution in [3.63, 3.8) is 0 Å². The molecule has 1 fully saturated rings. The summed E-state index contributed by atoms with van der Waals surface area (Å²) in [5.41, 5.74) is 2.28. The summed E-state index contributed by atoms with van der Waals surface area (Å²) >= 11 is 0. The summed E-state index contributed by atoms with van der Waals surface area (Å²) in [5, 5.41) is 2.96. The molecule has 0 saturated carbocycles. The summed E-state index contributed by atoms with van der Waals surface area (Å²) in [6, 6.07) is 7.41. The Balaban J connectivity index is 2.06. The number of carbonyl (C=O) groups is 1. The smallest absolute Gasteiger partial charge is 0.238 e. The molecule has 6 heteroatoms. The van der Waals surface area contributed by atoms with Crippen molar-refractivity contribution in [1.82, 2.24) is 9.62 Å². The summed E-state index contributed by atoms with van der Waals surface area (Å²) < 4.78 is 25.1. The number of rotatable bonds is 5. The minimum Gasteiger partial charge on any atom is -0.348 e. The van der Waals surface area contributed by atoms with E-state index in [0.717, 1.165) is 24.8 Å². The normalized spacial score (nSPS) is 20.9. The molecule has 128 valence electrons. The Morgan fingerprint density at radius 1 is 1.30 bits per heavy atom. The summed E-state index contributed by atoms with van der Waals surface area (Å²) in [6.45, 7) is 4.45. The van der Waals surface area contributed by atoms with Gasteiger partial charge in [0, 0.05) is 6.54 Å². The van der Waals surface area contributed by atoms with Crippen LogP contribution in [0.4, 0.5) is 0 Å². The van der Waals surface area contributed by atoms with Crippen LogP contribution in [0.15, 0.2) is 24.3 Å². The molecule has 1 saturated heterocycles. The lowest BCUT2D eigenvalue weighted by molar-refractivity contribution is -0.126. The van der Waals surface area contributed by atoms with Crippen LogP contribution in [0.25, 0.3) is 0 Å². The van der Waals surface area contributed by atoms with E-state index in [1.54, 1.807) is 0 Å². The number of aryl methyl sites for hydroxylation is 1. The van der Waals surface area contributed by atoms with Gasteiger partial charge in [-0.1, -0.05) is 37.6 Å². The Kier molecular flexibility index (Phi) is 5.81. The van der Waals surface area contributed by atoms with Crippen LogP contribution >= 0.6 is 0 Å². The fourth-order valence-corrected chi connectivity index (χ4v) is 4.12. The first-order chi connectivity index (χ1) is 10.8. The topological polar surface area (TPSA) is 66.5 Å². The van der Waals surface area contributed by atoms with Crippen molar-refractivity contribution in [3.8, 4) is 0 Å². The monoisotopic (exact) mass is 338 g/mol. The zero-order valence-corrected chi connectivity index (χ0v) is 14.9. The first-order valence-electron chi connectivity index (χ1n) is 8.19. The third-order valence-corrected chi connectivity index (χ3v) is 5.72. The second kappa shape index (κ2) is 7.45. The minimum atomic E-state index is -3.36. The number of amides is 1. The van der Waals surface area contributed by atoms with Crippen molar-refractivity contribution in [1.29, 1.82) is 0 Å². The summed E-state index contributed by atoms with van der Waals surface area (Å²) in [5.74, 6) is -0.206. The molecule has 1 N–H and O–H groups in total. The van der Waals surface area contributed by atoms with Crippen molar-refractivity contribution in [3.05, 3.63) is 35.4 Å². The molecule has 1 aliphatic heterocycles. The first-order valence-corrected chi connectivity index (χ1v) is 10.0. The molecule has 0 spiro atoms. The van der Waals surface area contributed by atoms with E-state index >= 15 is 0 Å². The van der Waals surface area contributed by atoms with Gasteiger partial charge in [0.2, 0.25) is 15.9 Å². The first kappa shape index (κ1) is 17.9. The van der Waals surface area contributed by atoms with E-state index in [1.807, 2.05) is 19.1 Å². The molecular formula is C17H26N2O3S. The highest BCUT2D eigenvalue weighted by molar-refractivity contribution is 7.88. The Labute approximate surface area is 139 Å². The van der Waals surface area contributed by atoms with Crippen molar-refractivity contribution in [2.45, 2.75) is 51.6 Å². The zero-order chi connectivity index (χ0) is 17.0. The van der Waals surface area contributed by atoms with Gasteiger partial charge in [-0.15, -0.1) is 0 Å². The lowest BCUT2D eigenvalue weighted by Crippen LogP contribution is -2.51. The van der Waals surface area contributed by atoms with Gasteiger partial charge in [-0.05, 0) is 37.3 Å². The maximum absolute atomic E-state index is 12.5. The zero-order valence-electron chi connectivity index (χ0n) is 14.1. The van der Waals surface area contributed by atoms with Gasteiger partial charge in [0.1, 0.15) is 6.04 Å². The van der Waals surface area contributed by atoms with Gasteiger partial charge >= 0.3 is 0 Å². The second-order valence-electron chi connectivity index (χ2n) is 6.21. The fraction of sp³-hybridized carbons (Fsp3) is 0.588. The molecule has 1 heterocycles. The largest absolute Gasteiger partial charge is 0.348 e. The van der Waals surface area contributed by atoms with Crippen LogP contribution in [-0.2, 0) is 21.2 Å². The average molecular weight is 338 g/mol. The van der Waals surface area contributed by atoms with Crippen LogP contribution in [-0.4, -0.2) is 37.5 Å². The third kappa shape index (κ3) is 4.54. The Hall–Kier alpha value is -1.40. The van der Waals surface area contributed by atoms with Crippen molar-refractivity contribution in [2.24, 2.45) is 0 Å². The Morgan fingerprint density at radius 3 is 2.52 bits per heavy atom. The van der Waals surface area contributed by atoms with Crippen LogP contribution < -0.4 is 5.32 Å². The van der Waals surface area contributed by atoms with E-state index in [2.05, 4.69) is 24.4 Å². The fourth-order valence-electron chi connectivity index (χ4n) is 3.00. The number of benzene rings is 1. The van der Waals surface area contributed by atoms with E-state index in [-0.39, 0.29) is 11.9 Å². The van der Waals surface area contributed by atoms with Crippen LogP contribution in [0.2, 0.25) is 0 Å². The standard InChI is InChI=1S/C17H26N2O3S/c1-4-14-8-10-15(11-9-14)13(2)18-17(20)16-7-5-6-12-19(16)23(3,21)22/h8-11,13,16H,4-7,12H2,1-3H3,(H,18,20). The third-order valence-electron chi connectivity index (χ3n) is 4.43. The highest BCUT2D eigenvalue weighted by Crippen LogP contribution is 2.21. The summed E-state index contributed by atoms with van der Waals surface area (Å²) in [7, 11) is -3.36.